The molecule has 0 radical (unpaired) electrons. The highest BCUT2D eigenvalue weighted by atomic mass is 32.1. The minimum absolute atomic E-state index is 0.00607. The number of hydrogen-bond donors (Lipinski definition) is 3. The first-order chi connectivity index (χ1) is 16.3. The Kier molecular flexibility index (Phi) is 6.61. The second-order valence-corrected chi connectivity index (χ2v) is 7.67. The highest BCUT2D eigenvalue weighted by molar-refractivity contribution is 7.13. The van der Waals surface area contributed by atoms with Crippen LogP contribution in [0.15, 0.2) is 39.1 Å². The van der Waals surface area contributed by atoms with Crippen LogP contribution in [0.5, 0.6) is 5.88 Å². The summed E-state index contributed by atoms with van der Waals surface area (Å²) < 4.78 is 50.0. The zero-order valence-corrected chi connectivity index (χ0v) is 18.7. The summed E-state index contributed by atoms with van der Waals surface area (Å²) in [6.45, 7) is 3.07. The highest BCUT2D eigenvalue weighted by Gasteiger charge is 2.34. The monoisotopic (exact) mass is 493 g/mol. The fraction of sp³-hybridized carbons (Fsp3) is 0.250. The van der Waals surface area contributed by atoms with Crippen LogP contribution in [-0.2, 0) is 6.18 Å². The summed E-state index contributed by atoms with van der Waals surface area (Å²) in [4.78, 5) is 23.8. The molecule has 3 N–H and O–H groups in total. The Morgan fingerprint density at radius 1 is 1.18 bits per heavy atom. The van der Waals surface area contributed by atoms with E-state index < -0.39 is 17.6 Å². The van der Waals surface area contributed by atoms with Crippen molar-refractivity contribution >= 4 is 17.2 Å². The lowest BCUT2D eigenvalue weighted by Crippen LogP contribution is -2.21. The lowest BCUT2D eigenvalue weighted by atomic mass is 10.0. The predicted octanol–water partition coefficient (Wildman–Crippen LogP) is 3.62. The maximum atomic E-state index is 13.2. The molecule has 4 aromatic heterocycles. The van der Waals surface area contributed by atoms with Crippen molar-refractivity contribution in [1.82, 2.24) is 30.5 Å². The number of nitrogens with one attached hydrogen (secondary N) is 3. The molecule has 0 atom stereocenters. The van der Waals surface area contributed by atoms with Crippen LogP contribution >= 0.6 is 11.3 Å². The number of anilines is 1. The summed E-state index contributed by atoms with van der Waals surface area (Å²) in [5, 5.41) is 13.2. The first kappa shape index (κ1) is 23.4. The molecule has 0 bridgehead atoms. The fourth-order valence-corrected chi connectivity index (χ4v) is 3.88. The van der Waals surface area contributed by atoms with Gasteiger partial charge in [0.15, 0.2) is 5.69 Å². The van der Waals surface area contributed by atoms with E-state index in [0.717, 1.165) is 23.3 Å². The largest absolute Gasteiger partial charge is 0.481 e. The highest BCUT2D eigenvalue weighted by Crippen LogP contribution is 2.41. The van der Waals surface area contributed by atoms with E-state index in [1.807, 2.05) is 6.92 Å². The molecule has 4 aromatic rings. The van der Waals surface area contributed by atoms with Crippen molar-refractivity contribution in [3.63, 3.8) is 0 Å². The second-order valence-electron chi connectivity index (χ2n) is 6.81. The Bertz CT molecular complexity index is 1350. The Hall–Kier alpha value is -3.78. The molecule has 0 spiro atoms. The van der Waals surface area contributed by atoms with Gasteiger partial charge in [0.25, 0.3) is 5.89 Å². The van der Waals surface area contributed by atoms with Gasteiger partial charge in [-0.2, -0.15) is 13.2 Å². The summed E-state index contributed by atoms with van der Waals surface area (Å²) in [6, 6.07) is 3.20. The van der Waals surface area contributed by atoms with E-state index >= 15 is 0 Å². The number of rotatable bonds is 8. The zero-order valence-electron chi connectivity index (χ0n) is 17.9. The molecule has 4 heterocycles. The van der Waals surface area contributed by atoms with Crippen molar-refractivity contribution in [2.24, 2.45) is 0 Å². The molecule has 34 heavy (non-hydrogen) atoms. The molecular weight excluding hydrogens is 475 g/mol. The van der Waals surface area contributed by atoms with Crippen molar-refractivity contribution in [2.75, 3.05) is 25.6 Å². The fourth-order valence-electron chi connectivity index (χ4n) is 3.03. The number of alkyl halides is 3. The van der Waals surface area contributed by atoms with Crippen molar-refractivity contribution < 1.29 is 22.3 Å². The molecular formula is C20H18F3N7O3S. The third kappa shape index (κ3) is 4.92. The van der Waals surface area contributed by atoms with Crippen LogP contribution < -0.4 is 21.1 Å². The van der Waals surface area contributed by atoms with Crippen molar-refractivity contribution in [1.29, 1.82) is 0 Å². The molecule has 0 unspecified atom stereocenters. The van der Waals surface area contributed by atoms with Gasteiger partial charge in [0, 0.05) is 34.5 Å². The summed E-state index contributed by atoms with van der Waals surface area (Å²) >= 11 is 0.852. The van der Waals surface area contributed by atoms with Gasteiger partial charge in [-0.3, -0.25) is 0 Å². The van der Waals surface area contributed by atoms with E-state index in [-0.39, 0.29) is 16.8 Å². The topological polar surface area (TPSA) is 131 Å². The summed E-state index contributed by atoms with van der Waals surface area (Å²) in [5.74, 6) is -0.128. The van der Waals surface area contributed by atoms with Gasteiger partial charge >= 0.3 is 11.9 Å². The lowest BCUT2D eigenvalue weighted by molar-refractivity contribution is -0.140. The number of H-pyrrole nitrogens is 1. The number of halogens is 3. The van der Waals surface area contributed by atoms with E-state index in [2.05, 4.69) is 35.8 Å². The molecule has 0 aliphatic rings. The summed E-state index contributed by atoms with van der Waals surface area (Å²) in [5.41, 5.74) is 0.561. The molecule has 0 amide bonds. The van der Waals surface area contributed by atoms with Gasteiger partial charge < -0.3 is 19.8 Å². The number of ether oxygens (including phenoxy) is 1. The Balaban J connectivity index is 1.87. The van der Waals surface area contributed by atoms with E-state index in [0.29, 0.717) is 34.7 Å². The number of thiazole rings is 1. The van der Waals surface area contributed by atoms with Crippen LogP contribution in [-0.4, -0.2) is 45.5 Å². The van der Waals surface area contributed by atoms with Crippen LogP contribution in [0.1, 0.15) is 12.6 Å². The maximum Gasteiger partial charge on any atom is 0.434 e. The molecule has 0 saturated heterocycles. The van der Waals surface area contributed by atoms with Gasteiger partial charge in [-0.05, 0) is 18.7 Å². The van der Waals surface area contributed by atoms with Crippen molar-refractivity contribution in [3.8, 4) is 39.0 Å². The molecule has 0 aromatic carbocycles. The van der Waals surface area contributed by atoms with Gasteiger partial charge in [0.1, 0.15) is 10.8 Å². The number of aromatic amines is 1. The molecule has 4 rings (SSSR count). The van der Waals surface area contributed by atoms with Crippen LogP contribution in [0.25, 0.3) is 33.2 Å². The maximum absolute atomic E-state index is 13.2. The number of nitrogens with zero attached hydrogens (tertiary/aromatic N) is 4. The normalized spacial score (nSPS) is 11.6. The van der Waals surface area contributed by atoms with Gasteiger partial charge in [-0.15, -0.1) is 16.4 Å². The molecule has 0 saturated carbocycles. The van der Waals surface area contributed by atoms with E-state index in [1.54, 1.807) is 12.1 Å². The summed E-state index contributed by atoms with van der Waals surface area (Å²) in [6.07, 6.45) is -1.70. The van der Waals surface area contributed by atoms with Crippen LogP contribution in [0.2, 0.25) is 0 Å². The molecule has 0 fully saturated rings. The summed E-state index contributed by atoms with van der Waals surface area (Å²) in [7, 11) is 1.41. The average molecular weight is 493 g/mol. The Morgan fingerprint density at radius 2 is 2.00 bits per heavy atom. The van der Waals surface area contributed by atoms with Crippen LogP contribution in [0, 0.1) is 0 Å². The zero-order chi connectivity index (χ0) is 24.3. The first-order valence-electron chi connectivity index (χ1n) is 9.88. The molecule has 0 aliphatic heterocycles. The van der Waals surface area contributed by atoms with E-state index in [1.165, 1.54) is 19.5 Å². The number of pyridine rings is 2. The third-order valence-electron chi connectivity index (χ3n) is 4.59. The molecule has 14 heteroatoms. The third-order valence-corrected chi connectivity index (χ3v) is 5.47. The van der Waals surface area contributed by atoms with Crippen molar-refractivity contribution in [3.05, 3.63) is 46.2 Å². The van der Waals surface area contributed by atoms with Gasteiger partial charge in [-0.1, -0.05) is 6.92 Å². The van der Waals surface area contributed by atoms with E-state index in [9.17, 15) is 18.0 Å². The molecule has 10 nitrogen and oxygen atoms in total. The van der Waals surface area contributed by atoms with Crippen LogP contribution in [0.4, 0.5) is 19.0 Å². The standard InChI is InChI=1S/C20H18F3N7O3S/c1-3-24-9-27-15-5-12(18-28-14(8-34-18)20(21,22)23)13(7-25-15)11-4-10(6-26-17(11)32-2)16-29-30-19(31)33-16/h4-8,24H,3,9H2,1-2H3,(H,25,27)(H,30,31). The van der Waals surface area contributed by atoms with Gasteiger partial charge in [-0.25, -0.2) is 24.8 Å². The van der Waals surface area contributed by atoms with Crippen LogP contribution in [0.3, 0.4) is 0 Å². The minimum atomic E-state index is -4.58. The Morgan fingerprint density at radius 3 is 2.65 bits per heavy atom. The Labute approximate surface area is 194 Å². The minimum Gasteiger partial charge on any atom is -0.481 e. The number of methoxy groups -OCH3 is 1. The number of hydrogen-bond acceptors (Lipinski definition) is 10. The number of aromatic nitrogens is 5. The van der Waals surface area contributed by atoms with Gasteiger partial charge in [0.2, 0.25) is 5.88 Å². The van der Waals surface area contributed by atoms with Gasteiger partial charge in [0.05, 0.1) is 19.3 Å². The van der Waals surface area contributed by atoms with E-state index in [4.69, 9.17) is 9.15 Å². The SMILES string of the molecule is CCNCNc1cc(-c2nc(C(F)(F)F)cs2)c(-c2cc(-c3n[nH]c(=O)o3)cnc2OC)cn1. The lowest BCUT2D eigenvalue weighted by Gasteiger charge is -2.14. The smallest absolute Gasteiger partial charge is 0.434 e. The second kappa shape index (κ2) is 9.61. The first-order valence-corrected chi connectivity index (χ1v) is 10.8. The molecule has 178 valence electrons. The molecule has 0 aliphatic carbocycles. The van der Waals surface area contributed by atoms with Crippen molar-refractivity contribution in [2.45, 2.75) is 13.1 Å². The predicted molar refractivity (Wildman–Crippen MR) is 118 cm³/mol. The quantitative estimate of drug-likeness (QED) is 0.249. The average Bonchev–Trinajstić information content (AvgIpc) is 3.48.